The third kappa shape index (κ3) is 2.17. The van der Waals surface area contributed by atoms with Gasteiger partial charge in [0.1, 0.15) is 0 Å². The molecule has 2 aromatic rings. The van der Waals surface area contributed by atoms with Gasteiger partial charge in [-0.25, -0.2) is 0 Å². The summed E-state index contributed by atoms with van der Waals surface area (Å²) in [6, 6.07) is 14.9. The molecule has 0 spiro atoms. The van der Waals surface area contributed by atoms with Gasteiger partial charge in [0.05, 0.1) is 0 Å². The zero-order chi connectivity index (χ0) is 11.5. The first-order valence-corrected chi connectivity index (χ1v) is 5.52. The SMILES string of the molecule is Cc1ccc(C(=O)c2ccccc2)c(S)c1. The van der Waals surface area contributed by atoms with E-state index in [0.717, 1.165) is 10.5 Å². The zero-order valence-electron chi connectivity index (χ0n) is 8.97. The predicted molar refractivity (Wildman–Crippen MR) is 68.3 cm³/mol. The van der Waals surface area contributed by atoms with E-state index in [0.29, 0.717) is 11.1 Å². The van der Waals surface area contributed by atoms with Crippen LogP contribution in [0.25, 0.3) is 0 Å². The third-order valence-electron chi connectivity index (χ3n) is 2.43. The van der Waals surface area contributed by atoms with Crippen LogP contribution in [-0.2, 0) is 0 Å². The average molecular weight is 228 g/mol. The van der Waals surface area contributed by atoms with Gasteiger partial charge in [-0.2, -0.15) is 0 Å². The molecule has 2 rings (SSSR count). The quantitative estimate of drug-likeness (QED) is 0.615. The van der Waals surface area contributed by atoms with Gasteiger partial charge in [0, 0.05) is 16.0 Å². The highest BCUT2D eigenvalue weighted by molar-refractivity contribution is 7.80. The largest absolute Gasteiger partial charge is 0.289 e. The Bertz CT molecular complexity index is 518. The van der Waals surface area contributed by atoms with Crippen molar-refractivity contribution in [2.24, 2.45) is 0 Å². The lowest BCUT2D eigenvalue weighted by molar-refractivity contribution is 0.103. The second kappa shape index (κ2) is 4.54. The predicted octanol–water partition coefficient (Wildman–Crippen LogP) is 3.51. The van der Waals surface area contributed by atoms with Crippen LogP contribution in [0, 0.1) is 6.92 Å². The maximum atomic E-state index is 12.1. The van der Waals surface area contributed by atoms with Gasteiger partial charge in [-0.05, 0) is 24.6 Å². The average Bonchev–Trinajstić information content (AvgIpc) is 2.29. The van der Waals surface area contributed by atoms with Crippen molar-refractivity contribution in [3.63, 3.8) is 0 Å². The minimum Gasteiger partial charge on any atom is -0.289 e. The van der Waals surface area contributed by atoms with E-state index in [1.807, 2.05) is 55.5 Å². The van der Waals surface area contributed by atoms with Gasteiger partial charge in [-0.15, -0.1) is 12.6 Å². The van der Waals surface area contributed by atoms with E-state index in [1.54, 1.807) is 0 Å². The Morgan fingerprint density at radius 2 is 1.75 bits per heavy atom. The topological polar surface area (TPSA) is 17.1 Å². The molecular formula is C14H12OS. The Hall–Kier alpha value is -1.54. The van der Waals surface area contributed by atoms with E-state index in [2.05, 4.69) is 12.6 Å². The van der Waals surface area contributed by atoms with E-state index in [9.17, 15) is 4.79 Å². The fourth-order valence-corrected chi connectivity index (χ4v) is 1.96. The normalized spacial score (nSPS) is 10.1. The van der Waals surface area contributed by atoms with Crippen molar-refractivity contribution in [2.75, 3.05) is 0 Å². The second-order valence-corrected chi connectivity index (χ2v) is 4.20. The molecular weight excluding hydrogens is 216 g/mol. The highest BCUT2D eigenvalue weighted by Gasteiger charge is 2.11. The van der Waals surface area contributed by atoms with Crippen LogP contribution in [-0.4, -0.2) is 5.78 Å². The Balaban J connectivity index is 2.42. The fraction of sp³-hybridized carbons (Fsp3) is 0.0714. The molecule has 0 aliphatic heterocycles. The molecule has 0 radical (unpaired) electrons. The minimum atomic E-state index is 0.0191. The van der Waals surface area contributed by atoms with Crippen LogP contribution in [0.2, 0.25) is 0 Å². The van der Waals surface area contributed by atoms with Crippen molar-refractivity contribution in [1.29, 1.82) is 0 Å². The number of benzene rings is 2. The maximum Gasteiger partial charge on any atom is 0.194 e. The summed E-state index contributed by atoms with van der Waals surface area (Å²) in [5, 5.41) is 0. The van der Waals surface area contributed by atoms with Crippen molar-refractivity contribution in [1.82, 2.24) is 0 Å². The molecule has 0 aromatic heterocycles. The van der Waals surface area contributed by atoms with Gasteiger partial charge in [0.2, 0.25) is 0 Å². The van der Waals surface area contributed by atoms with E-state index in [1.165, 1.54) is 0 Å². The monoisotopic (exact) mass is 228 g/mol. The molecule has 0 saturated carbocycles. The molecule has 0 fully saturated rings. The van der Waals surface area contributed by atoms with Crippen LogP contribution in [0.15, 0.2) is 53.4 Å². The van der Waals surface area contributed by atoms with Crippen molar-refractivity contribution in [3.8, 4) is 0 Å². The summed E-state index contributed by atoms with van der Waals surface area (Å²) in [7, 11) is 0. The van der Waals surface area contributed by atoms with E-state index in [4.69, 9.17) is 0 Å². The maximum absolute atomic E-state index is 12.1. The van der Waals surface area contributed by atoms with E-state index in [-0.39, 0.29) is 5.78 Å². The molecule has 2 aromatic carbocycles. The molecule has 0 amide bonds. The Labute approximate surface area is 101 Å². The lowest BCUT2D eigenvalue weighted by Crippen LogP contribution is -2.02. The molecule has 0 N–H and O–H groups in total. The van der Waals surface area contributed by atoms with Crippen LogP contribution >= 0.6 is 12.6 Å². The summed E-state index contributed by atoms with van der Waals surface area (Å²) in [6.45, 7) is 1.98. The Kier molecular flexibility index (Phi) is 3.11. The van der Waals surface area contributed by atoms with Crippen molar-refractivity contribution >= 4 is 18.4 Å². The van der Waals surface area contributed by atoms with Crippen LogP contribution in [0.3, 0.4) is 0 Å². The summed E-state index contributed by atoms with van der Waals surface area (Å²) in [4.78, 5) is 12.9. The zero-order valence-corrected chi connectivity index (χ0v) is 9.87. The van der Waals surface area contributed by atoms with E-state index < -0.39 is 0 Å². The van der Waals surface area contributed by atoms with Gasteiger partial charge in [-0.3, -0.25) is 4.79 Å². The summed E-state index contributed by atoms with van der Waals surface area (Å²) < 4.78 is 0. The van der Waals surface area contributed by atoms with Crippen molar-refractivity contribution in [2.45, 2.75) is 11.8 Å². The van der Waals surface area contributed by atoms with Crippen molar-refractivity contribution < 1.29 is 4.79 Å². The number of carbonyl (C=O) groups is 1. The molecule has 0 unspecified atom stereocenters. The fourth-order valence-electron chi connectivity index (χ4n) is 1.58. The minimum absolute atomic E-state index is 0.0191. The first-order chi connectivity index (χ1) is 7.68. The lowest BCUT2D eigenvalue weighted by Gasteiger charge is -2.05. The van der Waals surface area contributed by atoms with Gasteiger partial charge >= 0.3 is 0 Å². The lowest BCUT2D eigenvalue weighted by atomic mass is 10.0. The Morgan fingerprint density at radius 1 is 1.06 bits per heavy atom. The van der Waals surface area contributed by atoms with Gasteiger partial charge in [0.15, 0.2) is 5.78 Å². The van der Waals surface area contributed by atoms with Crippen LogP contribution in [0.1, 0.15) is 21.5 Å². The van der Waals surface area contributed by atoms with Gasteiger partial charge in [0.25, 0.3) is 0 Å². The summed E-state index contributed by atoms with van der Waals surface area (Å²) in [5.74, 6) is 0.0191. The molecule has 0 saturated heterocycles. The molecule has 0 aliphatic rings. The Morgan fingerprint density at radius 3 is 2.38 bits per heavy atom. The van der Waals surface area contributed by atoms with Crippen LogP contribution in [0.4, 0.5) is 0 Å². The highest BCUT2D eigenvalue weighted by Crippen LogP contribution is 2.19. The number of rotatable bonds is 2. The summed E-state index contributed by atoms with van der Waals surface area (Å²) >= 11 is 4.34. The number of thiol groups is 1. The van der Waals surface area contributed by atoms with E-state index >= 15 is 0 Å². The second-order valence-electron chi connectivity index (χ2n) is 3.72. The van der Waals surface area contributed by atoms with Gasteiger partial charge < -0.3 is 0 Å². The molecule has 80 valence electrons. The molecule has 0 atom stereocenters. The highest BCUT2D eigenvalue weighted by atomic mass is 32.1. The number of ketones is 1. The van der Waals surface area contributed by atoms with Gasteiger partial charge in [-0.1, -0.05) is 36.4 Å². The first-order valence-electron chi connectivity index (χ1n) is 5.08. The first kappa shape index (κ1) is 11.0. The number of hydrogen-bond acceptors (Lipinski definition) is 2. The third-order valence-corrected chi connectivity index (χ3v) is 2.80. The smallest absolute Gasteiger partial charge is 0.194 e. The molecule has 0 heterocycles. The standard InChI is InChI=1S/C14H12OS/c1-10-7-8-12(13(16)9-10)14(15)11-5-3-2-4-6-11/h2-9,16H,1H3. The molecule has 0 aliphatic carbocycles. The van der Waals surface area contributed by atoms with Crippen molar-refractivity contribution in [3.05, 3.63) is 65.2 Å². The van der Waals surface area contributed by atoms with Crippen LogP contribution < -0.4 is 0 Å². The number of carbonyl (C=O) groups excluding carboxylic acids is 1. The number of aryl methyl sites for hydroxylation is 1. The summed E-state index contributed by atoms with van der Waals surface area (Å²) in [6.07, 6.45) is 0. The molecule has 1 nitrogen and oxygen atoms in total. The molecule has 16 heavy (non-hydrogen) atoms. The molecule has 0 bridgehead atoms. The van der Waals surface area contributed by atoms with Crippen LogP contribution in [0.5, 0.6) is 0 Å². The number of hydrogen-bond donors (Lipinski definition) is 1. The summed E-state index contributed by atoms with van der Waals surface area (Å²) in [5.41, 5.74) is 2.45. The molecule has 2 heteroatoms.